The van der Waals surface area contributed by atoms with Crippen LogP contribution in [-0.4, -0.2) is 4.98 Å². The molecule has 2 aromatic rings. The third kappa shape index (κ3) is 1.94. The molecule has 0 amide bonds. The third-order valence-corrected chi connectivity index (χ3v) is 2.56. The molecule has 1 aromatic heterocycles. The molecule has 1 aromatic carbocycles. The Morgan fingerprint density at radius 1 is 1.00 bits per heavy atom. The Morgan fingerprint density at radius 2 is 1.69 bits per heavy atom. The Labute approximate surface area is 95.2 Å². The molecule has 0 fully saturated rings. The first-order valence-corrected chi connectivity index (χ1v) is 5.15. The van der Waals surface area contributed by atoms with E-state index in [-0.39, 0.29) is 0 Å². The molecule has 0 aliphatic rings. The van der Waals surface area contributed by atoms with E-state index in [4.69, 9.17) is 5.26 Å². The van der Waals surface area contributed by atoms with Crippen molar-refractivity contribution in [1.29, 1.82) is 5.26 Å². The number of pyridine rings is 1. The molecule has 0 N–H and O–H groups in total. The van der Waals surface area contributed by atoms with E-state index in [2.05, 4.69) is 36.2 Å². The van der Waals surface area contributed by atoms with Crippen LogP contribution in [-0.2, 0) is 0 Å². The van der Waals surface area contributed by atoms with Crippen molar-refractivity contribution in [1.82, 2.24) is 4.98 Å². The van der Waals surface area contributed by atoms with Crippen LogP contribution in [0.1, 0.15) is 17.0 Å². The van der Waals surface area contributed by atoms with Crippen molar-refractivity contribution in [3.63, 3.8) is 0 Å². The molecule has 2 heteroatoms. The van der Waals surface area contributed by atoms with Crippen molar-refractivity contribution < 1.29 is 0 Å². The molecule has 1 heterocycles. The van der Waals surface area contributed by atoms with E-state index in [0.29, 0.717) is 5.69 Å². The highest BCUT2D eigenvalue weighted by Gasteiger charge is 2.03. The van der Waals surface area contributed by atoms with Crippen molar-refractivity contribution in [2.75, 3.05) is 0 Å². The topological polar surface area (TPSA) is 36.7 Å². The number of nitrogens with zero attached hydrogens (tertiary/aromatic N) is 2. The van der Waals surface area contributed by atoms with Crippen LogP contribution in [0.2, 0.25) is 0 Å². The van der Waals surface area contributed by atoms with E-state index in [1.165, 1.54) is 5.56 Å². The number of aromatic nitrogens is 1. The van der Waals surface area contributed by atoms with E-state index in [1.54, 1.807) is 6.07 Å². The summed E-state index contributed by atoms with van der Waals surface area (Å²) < 4.78 is 0. The van der Waals surface area contributed by atoms with Crippen LogP contribution in [0.5, 0.6) is 0 Å². The van der Waals surface area contributed by atoms with Gasteiger partial charge >= 0.3 is 0 Å². The lowest BCUT2D eigenvalue weighted by Gasteiger charge is -2.05. The SMILES string of the molecule is Cc1ccc(-c2ccc(C#N)nc2C)cc1. The van der Waals surface area contributed by atoms with Crippen LogP contribution in [0.3, 0.4) is 0 Å². The van der Waals surface area contributed by atoms with Gasteiger partial charge in [-0.15, -0.1) is 0 Å². The standard InChI is InChI=1S/C14H12N2/c1-10-3-5-12(6-4-10)14-8-7-13(9-15)16-11(14)2/h3-8H,1-2H3. The highest BCUT2D eigenvalue weighted by Crippen LogP contribution is 2.22. The lowest BCUT2D eigenvalue weighted by atomic mass is 10.0. The molecular formula is C14H12N2. The smallest absolute Gasteiger partial charge is 0.140 e. The first-order chi connectivity index (χ1) is 7.70. The highest BCUT2D eigenvalue weighted by molar-refractivity contribution is 5.66. The van der Waals surface area contributed by atoms with Gasteiger partial charge in [0, 0.05) is 11.3 Å². The summed E-state index contributed by atoms with van der Waals surface area (Å²) in [4.78, 5) is 4.23. The van der Waals surface area contributed by atoms with Gasteiger partial charge in [0.1, 0.15) is 11.8 Å². The van der Waals surface area contributed by atoms with Crippen LogP contribution in [0.25, 0.3) is 11.1 Å². The van der Waals surface area contributed by atoms with Gasteiger partial charge in [0.05, 0.1) is 0 Å². The molecule has 0 unspecified atom stereocenters. The Kier molecular flexibility index (Phi) is 2.70. The predicted octanol–water partition coefficient (Wildman–Crippen LogP) is 3.24. The summed E-state index contributed by atoms with van der Waals surface area (Å²) in [6.07, 6.45) is 0. The number of hydrogen-bond acceptors (Lipinski definition) is 2. The molecule has 16 heavy (non-hydrogen) atoms. The van der Waals surface area contributed by atoms with E-state index in [9.17, 15) is 0 Å². The lowest BCUT2D eigenvalue weighted by molar-refractivity contribution is 1.17. The summed E-state index contributed by atoms with van der Waals surface area (Å²) in [5.41, 5.74) is 4.82. The van der Waals surface area contributed by atoms with Gasteiger partial charge in [0.25, 0.3) is 0 Å². The quantitative estimate of drug-likeness (QED) is 0.721. The van der Waals surface area contributed by atoms with Crippen LogP contribution in [0.15, 0.2) is 36.4 Å². The van der Waals surface area contributed by atoms with Crippen LogP contribution in [0, 0.1) is 25.2 Å². The van der Waals surface area contributed by atoms with Crippen molar-refractivity contribution in [2.24, 2.45) is 0 Å². The molecule has 0 spiro atoms. The third-order valence-electron chi connectivity index (χ3n) is 2.56. The van der Waals surface area contributed by atoms with Crippen molar-refractivity contribution in [3.05, 3.63) is 53.3 Å². The van der Waals surface area contributed by atoms with E-state index >= 15 is 0 Å². The maximum atomic E-state index is 8.75. The molecule has 0 saturated heterocycles. The second kappa shape index (κ2) is 4.16. The van der Waals surface area contributed by atoms with Gasteiger partial charge in [-0.25, -0.2) is 4.98 Å². The average molecular weight is 208 g/mol. The van der Waals surface area contributed by atoms with Crippen LogP contribution < -0.4 is 0 Å². The fourth-order valence-corrected chi connectivity index (χ4v) is 1.66. The maximum Gasteiger partial charge on any atom is 0.140 e. The fourth-order valence-electron chi connectivity index (χ4n) is 1.66. The predicted molar refractivity (Wildman–Crippen MR) is 63.9 cm³/mol. The summed E-state index contributed by atoms with van der Waals surface area (Å²) in [6.45, 7) is 3.99. The minimum absolute atomic E-state index is 0.466. The summed E-state index contributed by atoms with van der Waals surface area (Å²) in [5, 5.41) is 8.75. The first kappa shape index (κ1) is 10.4. The number of aryl methyl sites for hydroxylation is 2. The van der Waals surface area contributed by atoms with Crippen LogP contribution in [0.4, 0.5) is 0 Å². The molecule has 2 rings (SSSR count). The largest absolute Gasteiger partial charge is 0.242 e. The van der Waals surface area contributed by atoms with Gasteiger partial charge in [-0.2, -0.15) is 5.26 Å². The Bertz CT molecular complexity index is 548. The monoisotopic (exact) mass is 208 g/mol. The van der Waals surface area contributed by atoms with Gasteiger partial charge < -0.3 is 0 Å². The Balaban J connectivity index is 2.49. The van der Waals surface area contributed by atoms with Crippen molar-refractivity contribution >= 4 is 0 Å². The average Bonchev–Trinajstić information content (AvgIpc) is 2.30. The first-order valence-electron chi connectivity index (χ1n) is 5.15. The van der Waals surface area contributed by atoms with Crippen molar-refractivity contribution in [3.8, 4) is 17.2 Å². The fraction of sp³-hybridized carbons (Fsp3) is 0.143. The van der Waals surface area contributed by atoms with E-state index in [0.717, 1.165) is 16.8 Å². The molecule has 0 saturated carbocycles. The zero-order valence-corrected chi connectivity index (χ0v) is 9.36. The molecular weight excluding hydrogens is 196 g/mol. The molecule has 0 radical (unpaired) electrons. The van der Waals surface area contributed by atoms with Gasteiger partial charge in [-0.05, 0) is 31.5 Å². The number of hydrogen-bond donors (Lipinski definition) is 0. The molecule has 2 nitrogen and oxygen atoms in total. The van der Waals surface area contributed by atoms with E-state index < -0.39 is 0 Å². The zero-order valence-electron chi connectivity index (χ0n) is 9.36. The zero-order chi connectivity index (χ0) is 11.5. The van der Waals surface area contributed by atoms with Crippen molar-refractivity contribution in [2.45, 2.75) is 13.8 Å². The van der Waals surface area contributed by atoms with Crippen LogP contribution >= 0.6 is 0 Å². The maximum absolute atomic E-state index is 8.75. The number of benzene rings is 1. The molecule has 0 aliphatic heterocycles. The van der Waals surface area contributed by atoms with Gasteiger partial charge in [0.15, 0.2) is 0 Å². The Morgan fingerprint density at radius 3 is 2.25 bits per heavy atom. The molecule has 0 bridgehead atoms. The minimum atomic E-state index is 0.466. The van der Waals surface area contributed by atoms with Gasteiger partial charge in [0.2, 0.25) is 0 Å². The Hall–Kier alpha value is -2.14. The number of nitriles is 1. The molecule has 0 aliphatic carbocycles. The van der Waals surface area contributed by atoms with Gasteiger partial charge in [-0.1, -0.05) is 29.8 Å². The second-order valence-electron chi connectivity index (χ2n) is 3.81. The normalized spacial score (nSPS) is 9.81. The summed E-state index contributed by atoms with van der Waals surface area (Å²) >= 11 is 0. The van der Waals surface area contributed by atoms with Gasteiger partial charge in [-0.3, -0.25) is 0 Å². The summed E-state index contributed by atoms with van der Waals surface area (Å²) in [7, 11) is 0. The highest BCUT2D eigenvalue weighted by atomic mass is 14.7. The minimum Gasteiger partial charge on any atom is -0.242 e. The summed E-state index contributed by atoms with van der Waals surface area (Å²) in [5.74, 6) is 0. The lowest BCUT2D eigenvalue weighted by Crippen LogP contribution is -1.90. The second-order valence-corrected chi connectivity index (χ2v) is 3.81. The molecule has 78 valence electrons. The number of rotatable bonds is 1. The molecule has 0 atom stereocenters. The summed E-state index contributed by atoms with van der Waals surface area (Å²) in [6, 6.07) is 14.0. The van der Waals surface area contributed by atoms with E-state index in [1.807, 2.05) is 19.1 Å².